The summed E-state index contributed by atoms with van der Waals surface area (Å²) in [5.74, 6) is 1.36. The van der Waals surface area contributed by atoms with Gasteiger partial charge in [-0.15, -0.1) is 12.4 Å². The molecule has 2 aromatic rings. The van der Waals surface area contributed by atoms with Crippen molar-refractivity contribution in [2.45, 2.75) is 68.5 Å². The Kier molecular flexibility index (Phi) is 4.18. The lowest BCUT2D eigenvalue weighted by molar-refractivity contribution is -0.163. The second-order valence-electron chi connectivity index (χ2n) is 8.77. The van der Waals surface area contributed by atoms with Gasteiger partial charge in [-0.3, -0.25) is 4.90 Å². The molecule has 0 bridgehead atoms. The molecule has 3 fully saturated rings. The number of benzene rings is 1. The molecule has 1 N–H and O–H groups in total. The van der Waals surface area contributed by atoms with E-state index in [1.54, 1.807) is 7.11 Å². The number of carbonyl (C=O) groups is 1. The summed E-state index contributed by atoms with van der Waals surface area (Å²) in [6.45, 7) is 0.999. The van der Waals surface area contributed by atoms with Crippen molar-refractivity contribution in [3.05, 3.63) is 29.5 Å². The minimum absolute atomic E-state index is 0. The van der Waals surface area contributed by atoms with E-state index in [0.29, 0.717) is 5.92 Å². The molecule has 150 valence electrons. The number of rotatable bonds is 3. The van der Waals surface area contributed by atoms with Crippen LogP contribution in [0.2, 0.25) is 0 Å². The molecule has 5 nitrogen and oxygen atoms in total. The van der Waals surface area contributed by atoms with Gasteiger partial charge < -0.3 is 14.5 Å². The molecule has 4 aliphatic rings. The minimum Gasteiger partial charge on any atom is -0.497 e. The summed E-state index contributed by atoms with van der Waals surface area (Å²) in [7, 11) is 1.71. The third-order valence-electron chi connectivity index (χ3n) is 7.47. The van der Waals surface area contributed by atoms with Gasteiger partial charge in [-0.2, -0.15) is 0 Å². The summed E-state index contributed by atoms with van der Waals surface area (Å²) < 4.78 is 11.5. The topological polar surface area (TPSA) is 54.6 Å². The summed E-state index contributed by atoms with van der Waals surface area (Å²) in [5, 5.41) is 1.22. The Balaban J connectivity index is 0.00000171. The molecule has 0 radical (unpaired) electrons. The smallest absolute Gasteiger partial charge is 0.329 e. The molecule has 1 spiro atoms. The van der Waals surface area contributed by atoms with E-state index in [2.05, 4.69) is 22.0 Å². The number of halogens is 1. The number of nitrogens with one attached hydrogen (secondary N) is 1. The molecule has 3 unspecified atom stereocenters. The van der Waals surface area contributed by atoms with Crippen molar-refractivity contribution in [1.29, 1.82) is 0 Å². The van der Waals surface area contributed by atoms with E-state index >= 15 is 0 Å². The number of nitrogens with zero attached hydrogens (tertiary/aromatic N) is 1. The Morgan fingerprint density at radius 3 is 2.79 bits per heavy atom. The van der Waals surface area contributed by atoms with Gasteiger partial charge in [0.05, 0.1) is 7.11 Å². The number of methoxy groups -OCH3 is 1. The quantitative estimate of drug-likeness (QED) is 0.770. The van der Waals surface area contributed by atoms with Crippen molar-refractivity contribution < 1.29 is 14.3 Å². The maximum absolute atomic E-state index is 13.3. The monoisotopic (exact) mass is 402 g/mol. The van der Waals surface area contributed by atoms with E-state index in [9.17, 15) is 4.79 Å². The lowest BCUT2D eigenvalue weighted by Crippen LogP contribution is -2.57. The van der Waals surface area contributed by atoms with Crippen LogP contribution in [0.3, 0.4) is 0 Å². The first kappa shape index (κ1) is 18.3. The molecule has 2 saturated carbocycles. The Morgan fingerprint density at radius 1 is 1.25 bits per heavy atom. The molecule has 6 rings (SSSR count). The molecule has 1 aromatic carbocycles. The highest BCUT2D eigenvalue weighted by Crippen LogP contribution is 2.69. The molecule has 1 aromatic heterocycles. The molecule has 6 heteroatoms. The second kappa shape index (κ2) is 6.39. The van der Waals surface area contributed by atoms with Crippen LogP contribution in [0.15, 0.2) is 18.2 Å². The molecule has 2 aliphatic carbocycles. The third-order valence-corrected chi connectivity index (χ3v) is 7.47. The number of fused-ring (bicyclic) bond motifs is 4. The highest BCUT2D eigenvalue weighted by Gasteiger charge is 2.70. The Labute approximate surface area is 171 Å². The summed E-state index contributed by atoms with van der Waals surface area (Å²) in [6.07, 6.45) is 8.12. The van der Waals surface area contributed by atoms with E-state index in [0.717, 1.165) is 42.8 Å². The average Bonchev–Trinajstić information content (AvgIpc) is 3.35. The summed E-state index contributed by atoms with van der Waals surface area (Å²) >= 11 is 0. The van der Waals surface area contributed by atoms with Crippen molar-refractivity contribution in [1.82, 2.24) is 9.88 Å². The second-order valence-corrected chi connectivity index (χ2v) is 8.77. The van der Waals surface area contributed by atoms with Gasteiger partial charge in [0.15, 0.2) is 0 Å². The number of hydrogen-bond acceptors (Lipinski definition) is 4. The Bertz CT molecular complexity index is 935. The number of hydrogen-bond donors (Lipinski definition) is 1. The molecule has 3 heterocycles. The van der Waals surface area contributed by atoms with Crippen LogP contribution in [0.25, 0.3) is 10.9 Å². The number of aromatic amines is 1. The Hall–Kier alpha value is -1.72. The predicted molar refractivity (Wildman–Crippen MR) is 109 cm³/mol. The first-order chi connectivity index (χ1) is 13.2. The predicted octanol–water partition coefficient (Wildman–Crippen LogP) is 4.46. The summed E-state index contributed by atoms with van der Waals surface area (Å²) in [4.78, 5) is 19.3. The van der Waals surface area contributed by atoms with E-state index in [4.69, 9.17) is 9.47 Å². The van der Waals surface area contributed by atoms with Crippen LogP contribution in [0, 0.1) is 0 Å². The van der Waals surface area contributed by atoms with Crippen molar-refractivity contribution in [2.75, 3.05) is 13.7 Å². The Morgan fingerprint density at radius 2 is 2.07 bits per heavy atom. The van der Waals surface area contributed by atoms with E-state index in [1.165, 1.54) is 36.6 Å². The number of aromatic nitrogens is 1. The van der Waals surface area contributed by atoms with Gasteiger partial charge in [-0.25, -0.2) is 4.79 Å². The zero-order valence-corrected chi connectivity index (χ0v) is 17.0. The van der Waals surface area contributed by atoms with Gasteiger partial charge in [-0.1, -0.05) is 6.42 Å². The fourth-order valence-electron chi connectivity index (χ4n) is 5.92. The molecule has 28 heavy (non-hydrogen) atoms. The van der Waals surface area contributed by atoms with Crippen molar-refractivity contribution in [3.8, 4) is 5.75 Å². The van der Waals surface area contributed by atoms with Crippen LogP contribution in [0.4, 0.5) is 0 Å². The minimum atomic E-state index is -0.271. The average molecular weight is 403 g/mol. The summed E-state index contributed by atoms with van der Waals surface area (Å²) in [5.41, 5.74) is 3.71. The van der Waals surface area contributed by atoms with Crippen molar-refractivity contribution in [2.24, 2.45) is 0 Å². The number of esters is 1. The zero-order valence-electron chi connectivity index (χ0n) is 16.2. The van der Waals surface area contributed by atoms with Crippen LogP contribution < -0.4 is 4.74 Å². The van der Waals surface area contributed by atoms with Crippen molar-refractivity contribution in [3.63, 3.8) is 0 Å². The molecule has 2 aliphatic heterocycles. The van der Waals surface area contributed by atoms with Gasteiger partial charge in [0, 0.05) is 34.6 Å². The fourth-order valence-corrected chi connectivity index (χ4v) is 5.92. The maximum Gasteiger partial charge on any atom is 0.329 e. The number of carbonyl (C=O) groups excluding carboxylic acids is 1. The third kappa shape index (κ3) is 2.38. The van der Waals surface area contributed by atoms with Gasteiger partial charge in [-0.05, 0) is 62.3 Å². The van der Waals surface area contributed by atoms with Crippen LogP contribution in [0.5, 0.6) is 5.75 Å². The van der Waals surface area contributed by atoms with E-state index in [-0.39, 0.29) is 36.1 Å². The molecule has 1 saturated heterocycles. The van der Waals surface area contributed by atoms with Gasteiger partial charge in [0.25, 0.3) is 0 Å². The lowest BCUT2D eigenvalue weighted by Gasteiger charge is -2.49. The number of ether oxygens (including phenoxy) is 2. The van der Waals surface area contributed by atoms with Crippen molar-refractivity contribution >= 4 is 29.3 Å². The van der Waals surface area contributed by atoms with Crippen LogP contribution >= 0.6 is 12.4 Å². The van der Waals surface area contributed by atoms with Gasteiger partial charge in [0.2, 0.25) is 0 Å². The summed E-state index contributed by atoms with van der Waals surface area (Å²) in [6, 6.07) is 5.90. The highest BCUT2D eigenvalue weighted by atomic mass is 35.5. The first-order valence-electron chi connectivity index (χ1n) is 10.4. The maximum atomic E-state index is 13.3. The molecule has 0 amide bonds. The van der Waals surface area contributed by atoms with Crippen LogP contribution in [-0.2, 0) is 9.53 Å². The SMILES string of the molecule is COc1ccc2[nH]c3c(c2c1)C1CC12CCN2C3C(=O)OC1CCCCC1.Cl. The van der Waals surface area contributed by atoms with Crippen LogP contribution in [-0.4, -0.2) is 41.2 Å². The molecular formula is C22H27ClN2O3. The normalized spacial score (nSPS) is 31.0. The van der Waals surface area contributed by atoms with E-state index < -0.39 is 0 Å². The fraction of sp³-hybridized carbons (Fsp3) is 0.591. The van der Waals surface area contributed by atoms with E-state index in [1.807, 2.05) is 6.07 Å². The van der Waals surface area contributed by atoms with Crippen LogP contribution in [0.1, 0.15) is 68.2 Å². The standard InChI is InChI=1S/C22H26N2O3.ClH/c1-26-14-7-8-17-15(11-14)18-16-12-22(16)9-10-24(22)20(19(18)23-17)21(25)27-13-5-3-2-4-6-13;/h7-8,11,13,16,20,23H,2-6,9-10,12H2,1H3;1H. The molecule has 3 atom stereocenters. The largest absolute Gasteiger partial charge is 0.497 e. The van der Waals surface area contributed by atoms with Gasteiger partial charge >= 0.3 is 5.97 Å². The highest BCUT2D eigenvalue weighted by molar-refractivity contribution is 5.91. The first-order valence-corrected chi connectivity index (χ1v) is 10.4. The zero-order chi connectivity index (χ0) is 18.2. The van der Waals surface area contributed by atoms with Gasteiger partial charge in [0.1, 0.15) is 17.9 Å². The lowest BCUT2D eigenvalue weighted by atomic mass is 9.84. The number of H-pyrrole nitrogens is 1. The molecular weight excluding hydrogens is 376 g/mol.